The van der Waals surface area contributed by atoms with Crippen LogP contribution in [0.15, 0.2) is 41.0 Å². The van der Waals surface area contributed by atoms with E-state index in [-0.39, 0.29) is 6.61 Å². The van der Waals surface area contributed by atoms with E-state index >= 15 is 0 Å². The van der Waals surface area contributed by atoms with E-state index in [0.29, 0.717) is 36.8 Å². The van der Waals surface area contributed by atoms with Crippen LogP contribution in [0.3, 0.4) is 0 Å². The third-order valence-electron chi connectivity index (χ3n) is 3.51. The molecule has 0 spiro atoms. The summed E-state index contributed by atoms with van der Waals surface area (Å²) in [4.78, 5) is 11.8. The van der Waals surface area contributed by atoms with Gasteiger partial charge in [0, 0.05) is 13.1 Å². The van der Waals surface area contributed by atoms with Gasteiger partial charge in [0.2, 0.25) is 0 Å². The summed E-state index contributed by atoms with van der Waals surface area (Å²) < 4.78 is 20.4. The maximum absolute atomic E-state index is 11.8. The smallest absolute Gasteiger partial charge is 0.341 e. The minimum Gasteiger partial charge on any atom is -0.496 e. The third kappa shape index (κ3) is 5.90. The van der Waals surface area contributed by atoms with Crippen molar-refractivity contribution in [2.24, 2.45) is 0 Å². The van der Waals surface area contributed by atoms with Crippen molar-refractivity contribution in [2.45, 2.75) is 19.3 Å². The predicted molar refractivity (Wildman–Crippen MR) is 90.4 cm³/mol. The van der Waals surface area contributed by atoms with Crippen molar-refractivity contribution in [1.82, 2.24) is 5.32 Å². The van der Waals surface area contributed by atoms with Crippen LogP contribution in [0, 0.1) is 0 Å². The summed E-state index contributed by atoms with van der Waals surface area (Å²) in [6, 6.07) is 8.86. The first-order valence-corrected chi connectivity index (χ1v) is 7.88. The van der Waals surface area contributed by atoms with Crippen molar-refractivity contribution >= 4 is 5.97 Å². The molecule has 0 fully saturated rings. The van der Waals surface area contributed by atoms with Gasteiger partial charge in [0.25, 0.3) is 0 Å². The molecule has 25 heavy (non-hydrogen) atoms. The van der Waals surface area contributed by atoms with Crippen LogP contribution in [0.4, 0.5) is 0 Å². The van der Waals surface area contributed by atoms with Crippen molar-refractivity contribution in [2.75, 3.05) is 27.4 Å². The van der Waals surface area contributed by atoms with Gasteiger partial charge in [-0.25, -0.2) is 4.79 Å². The Hall–Kier alpha value is -2.35. The number of benzene rings is 1. The van der Waals surface area contributed by atoms with E-state index in [1.54, 1.807) is 24.5 Å². The van der Waals surface area contributed by atoms with E-state index in [4.69, 9.17) is 18.6 Å². The molecule has 0 bridgehead atoms. The average molecular weight is 349 g/mol. The van der Waals surface area contributed by atoms with Crippen LogP contribution in [0.25, 0.3) is 0 Å². The molecule has 1 aromatic heterocycles. The molecule has 2 aromatic rings. The van der Waals surface area contributed by atoms with E-state index < -0.39 is 12.1 Å². The molecule has 0 aliphatic carbocycles. The molecular weight excluding hydrogens is 326 g/mol. The van der Waals surface area contributed by atoms with Gasteiger partial charge in [0.1, 0.15) is 23.7 Å². The second-order valence-electron chi connectivity index (χ2n) is 5.41. The minimum atomic E-state index is -0.645. The van der Waals surface area contributed by atoms with Gasteiger partial charge in [-0.05, 0) is 29.8 Å². The Morgan fingerprint density at radius 1 is 1.32 bits per heavy atom. The van der Waals surface area contributed by atoms with Crippen LogP contribution >= 0.6 is 0 Å². The fraction of sp³-hybridized carbons (Fsp3) is 0.389. The normalized spacial score (nSPS) is 12.0. The van der Waals surface area contributed by atoms with Gasteiger partial charge in [0.05, 0.1) is 33.2 Å². The van der Waals surface area contributed by atoms with E-state index in [1.807, 2.05) is 12.1 Å². The highest BCUT2D eigenvalue weighted by atomic mass is 16.5. The Bertz CT molecular complexity index is 656. The zero-order valence-corrected chi connectivity index (χ0v) is 14.4. The summed E-state index contributed by atoms with van der Waals surface area (Å²) in [6.07, 6.45) is 0.932. The lowest BCUT2D eigenvalue weighted by atomic mass is 10.1. The van der Waals surface area contributed by atoms with Crippen molar-refractivity contribution < 1.29 is 28.5 Å². The number of nitrogens with one attached hydrogen (secondary N) is 1. The maximum atomic E-state index is 11.8. The first-order chi connectivity index (χ1) is 12.1. The zero-order valence-electron chi connectivity index (χ0n) is 14.4. The number of ether oxygens (including phenoxy) is 3. The summed E-state index contributed by atoms with van der Waals surface area (Å²) in [7, 11) is 2.82. The Morgan fingerprint density at radius 2 is 2.16 bits per heavy atom. The van der Waals surface area contributed by atoms with Gasteiger partial charge in [0.15, 0.2) is 0 Å². The Kier molecular flexibility index (Phi) is 7.46. The van der Waals surface area contributed by atoms with Crippen LogP contribution in [-0.2, 0) is 22.6 Å². The standard InChI is InChI=1S/C18H23NO6/c1-22-17-6-5-13(8-16(17)18(21)23-2)9-19-10-14(20)11-24-12-15-4-3-7-25-15/h3-8,14,19-20H,9-12H2,1-2H3/t14-/m1/s1. The molecule has 0 amide bonds. The third-order valence-corrected chi connectivity index (χ3v) is 3.51. The number of aliphatic hydroxyl groups is 1. The zero-order chi connectivity index (χ0) is 18.1. The van der Waals surface area contributed by atoms with Crippen LogP contribution in [0.1, 0.15) is 21.7 Å². The van der Waals surface area contributed by atoms with Crippen molar-refractivity contribution in [3.63, 3.8) is 0 Å². The SMILES string of the molecule is COC(=O)c1cc(CNC[C@@H](O)COCc2ccco2)ccc1OC. The van der Waals surface area contributed by atoms with E-state index in [1.165, 1.54) is 14.2 Å². The summed E-state index contributed by atoms with van der Waals surface area (Å²) in [5.41, 5.74) is 1.25. The molecule has 1 aromatic carbocycles. The number of rotatable bonds is 10. The maximum Gasteiger partial charge on any atom is 0.341 e. The second kappa shape index (κ2) is 9.83. The highest BCUT2D eigenvalue weighted by Gasteiger charge is 2.13. The number of carbonyl (C=O) groups excluding carboxylic acids is 1. The van der Waals surface area contributed by atoms with Gasteiger partial charge >= 0.3 is 5.97 Å². The molecule has 0 radical (unpaired) electrons. The van der Waals surface area contributed by atoms with Gasteiger partial charge in [-0.1, -0.05) is 6.07 Å². The highest BCUT2D eigenvalue weighted by molar-refractivity contribution is 5.92. The molecule has 136 valence electrons. The van der Waals surface area contributed by atoms with Crippen LogP contribution in [0.5, 0.6) is 5.75 Å². The molecule has 2 N–H and O–H groups in total. The number of furan rings is 1. The molecule has 0 aliphatic rings. The lowest BCUT2D eigenvalue weighted by Crippen LogP contribution is -2.30. The molecule has 2 rings (SSSR count). The molecule has 7 nitrogen and oxygen atoms in total. The van der Waals surface area contributed by atoms with E-state index in [0.717, 1.165) is 5.56 Å². The van der Waals surface area contributed by atoms with Gasteiger partial charge in [-0.15, -0.1) is 0 Å². The number of aliphatic hydroxyl groups excluding tert-OH is 1. The van der Waals surface area contributed by atoms with Crippen molar-refractivity contribution in [3.8, 4) is 5.75 Å². The average Bonchev–Trinajstić information content (AvgIpc) is 3.14. The molecular formula is C18H23NO6. The molecule has 1 heterocycles. The quantitative estimate of drug-likeness (QED) is 0.632. The molecule has 7 heteroatoms. The minimum absolute atomic E-state index is 0.198. The number of hydrogen-bond donors (Lipinski definition) is 2. The lowest BCUT2D eigenvalue weighted by molar-refractivity contribution is 0.0225. The topological polar surface area (TPSA) is 90.2 Å². The van der Waals surface area contributed by atoms with Crippen molar-refractivity contribution in [3.05, 3.63) is 53.5 Å². The van der Waals surface area contributed by atoms with E-state index in [2.05, 4.69) is 5.32 Å². The van der Waals surface area contributed by atoms with E-state index in [9.17, 15) is 9.90 Å². The van der Waals surface area contributed by atoms with Crippen LogP contribution in [-0.4, -0.2) is 44.6 Å². The fourth-order valence-corrected chi connectivity index (χ4v) is 2.27. The molecule has 1 atom stereocenters. The van der Waals surface area contributed by atoms with Gasteiger partial charge < -0.3 is 29.1 Å². The van der Waals surface area contributed by atoms with Crippen molar-refractivity contribution in [1.29, 1.82) is 0 Å². The van der Waals surface area contributed by atoms with Crippen LogP contribution in [0.2, 0.25) is 0 Å². The summed E-state index contributed by atoms with van der Waals surface area (Å²) in [6.45, 7) is 1.37. The summed E-state index contributed by atoms with van der Waals surface area (Å²) in [5.74, 6) is 0.723. The van der Waals surface area contributed by atoms with Crippen LogP contribution < -0.4 is 10.1 Å². The van der Waals surface area contributed by atoms with Gasteiger partial charge in [-0.2, -0.15) is 0 Å². The summed E-state index contributed by atoms with van der Waals surface area (Å²) >= 11 is 0. The molecule has 0 saturated carbocycles. The molecule has 0 aliphatic heterocycles. The number of hydrogen-bond acceptors (Lipinski definition) is 7. The first-order valence-electron chi connectivity index (χ1n) is 7.88. The predicted octanol–water partition coefficient (Wildman–Crippen LogP) is 1.74. The largest absolute Gasteiger partial charge is 0.496 e. The number of methoxy groups -OCH3 is 2. The Balaban J connectivity index is 1.75. The number of esters is 1. The summed E-state index contributed by atoms with van der Waals surface area (Å²) in [5, 5.41) is 13.0. The fourth-order valence-electron chi connectivity index (χ4n) is 2.27. The molecule has 0 unspecified atom stereocenters. The molecule has 0 saturated heterocycles. The monoisotopic (exact) mass is 349 g/mol. The number of carbonyl (C=O) groups is 1. The highest BCUT2D eigenvalue weighted by Crippen LogP contribution is 2.20. The second-order valence-corrected chi connectivity index (χ2v) is 5.41. The lowest BCUT2D eigenvalue weighted by Gasteiger charge is -2.13. The van der Waals surface area contributed by atoms with Gasteiger partial charge in [-0.3, -0.25) is 0 Å². The first kappa shape index (κ1) is 19.0. The Morgan fingerprint density at radius 3 is 2.84 bits per heavy atom. The Labute approximate surface area is 146 Å².